The Kier molecular flexibility index (Phi) is 3.25. The smallest absolute Gasteiger partial charge is 0.322 e. The summed E-state index contributed by atoms with van der Waals surface area (Å²) in [6.45, 7) is 1.01. The van der Waals surface area contributed by atoms with Gasteiger partial charge in [0.05, 0.1) is 7.11 Å². The number of carbonyl (C=O) groups is 1. The molecule has 1 aromatic heterocycles. The minimum atomic E-state index is -1.31. The molecule has 0 bridgehead atoms. The summed E-state index contributed by atoms with van der Waals surface area (Å²) in [7, 11) is 1.23. The van der Waals surface area contributed by atoms with E-state index < -0.39 is 22.9 Å². The van der Waals surface area contributed by atoms with Gasteiger partial charge in [0.1, 0.15) is 0 Å². The average molecular weight is 262 g/mol. The number of aromatic nitrogens is 1. The molecule has 6 nitrogen and oxygen atoms in total. The molecule has 2 aromatic rings. The molecule has 0 radical (unpaired) electrons. The zero-order valence-corrected chi connectivity index (χ0v) is 10.7. The standard InChI is InChI=1S/C13H14N2O4/c1-13(8-15(17)18,12(16)19-2)10-7-14-11-6-4-3-5-9(10)11/h3-7,14H,8H2,1-2H3/t13-/m0/s1. The van der Waals surface area contributed by atoms with Crippen LogP contribution in [0, 0.1) is 10.1 Å². The zero-order valence-electron chi connectivity index (χ0n) is 10.7. The van der Waals surface area contributed by atoms with Crippen molar-refractivity contribution in [2.24, 2.45) is 0 Å². The van der Waals surface area contributed by atoms with E-state index in [-0.39, 0.29) is 0 Å². The maximum Gasteiger partial charge on any atom is 0.322 e. The summed E-state index contributed by atoms with van der Waals surface area (Å²) in [5.74, 6) is -0.617. The predicted octanol–water partition coefficient (Wildman–Crippen LogP) is 1.88. The van der Waals surface area contributed by atoms with Crippen molar-refractivity contribution in [2.75, 3.05) is 13.7 Å². The maximum absolute atomic E-state index is 12.0. The van der Waals surface area contributed by atoms with E-state index in [1.165, 1.54) is 14.0 Å². The molecule has 0 unspecified atom stereocenters. The quantitative estimate of drug-likeness (QED) is 0.518. The van der Waals surface area contributed by atoms with Gasteiger partial charge in [-0.25, -0.2) is 0 Å². The van der Waals surface area contributed by atoms with Crippen molar-refractivity contribution in [1.82, 2.24) is 4.98 Å². The third-order valence-electron chi connectivity index (χ3n) is 3.26. The Bertz CT molecular complexity index is 634. The highest BCUT2D eigenvalue weighted by Gasteiger charge is 2.43. The SMILES string of the molecule is COC(=O)[C@@](C)(C[N+](=O)[O-])c1c[nH]c2ccccc12. The number of benzene rings is 1. The first-order chi connectivity index (χ1) is 8.99. The Morgan fingerprint density at radius 3 is 2.79 bits per heavy atom. The summed E-state index contributed by atoms with van der Waals surface area (Å²) < 4.78 is 4.73. The normalized spacial score (nSPS) is 14.0. The lowest BCUT2D eigenvalue weighted by Gasteiger charge is -2.21. The first kappa shape index (κ1) is 13.1. The van der Waals surface area contributed by atoms with Crippen LogP contribution in [-0.2, 0) is 14.9 Å². The molecule has 6 heteroatoms. The molecule has 1 atom stereocenters. The fourth-order valence-corrected chi connectivity index (χ4v) is 2.27. The fourth-order valence-electron chi connectivity index (χ4n) is 2.27. The molecule has 2 rings (SSSR count). The van der Waals surface area contributed by atoms with E-state index in [1.54, 1.807) is 6.20 Å². The lowest BCUT2D eigenvalue weighted by atomic mass is 9.82. The summed E-state index contributed by atoms with van der Waals surface area (Å²) in [6, 6.07) is 7.35. The predicted molar refractivity (Wildman–Crippen MR) is 69.5 cm³/mol. The van der Waals surface area contributed by atoms with Crippen LogP contribution in [0.3, 0.4) is 0 Å². The van der Waals surface area contributed by atoms with E-state index in [1.807, 2.05) is 24.3 Å². The zero-order chi connectivity index (χ0) is 14.0. The molecule has 1 aromatic carbocycles. The van der Waals surface area contributed by atoms with Crippen molar-refractivity contribution in [3.05, 3.63) is 46.1 Å². The van der Waals surface area contributed by atoms with Gasteiger partial charge in [-0.3, -0.25) is 14.9 Å². The molecule has 0 saturated carbocycles. The van der Waals surface area contributed by atoms with Crippen LogP contribution in [0.15, 0.2) is 30.5 Å². The number of para-hydroxylation sites is 1. The summed E-state index contributed by atoms with van der Waals surface area (Å²) >= 11 is 0. The molecule has 1 heterocycles. The molecule has 1 N–H and O–H groups in total. The Hall–Kier alpha value is -2.37. The number of aromatic amines is 1. The molecule has 0 aliphatic heterocycles. The number of nitrogens with zero attached hydrogens (tertiary/aromatic N) is 1. The first-order valence-corrected chi connectivity index (χ1v) is 5.76. The maximum atomic E-state index is 12.0. The van der Waals surface area contributed by atoms with Crippen molar-refractivity contribution < 1.29 is 14.5 Å². The van der Waals surface area contributed by atoms with Gasteiger partial charge in [-0.2, -0.15) is 0 Å². The van der Waals surface area contributed by atoms with Gasteiger partial charge in [-0.1, -0.05) is 18.2 Å². The first-order valence-electron chi connectivity index (χ1n) is 5.76. The van der Waals surface area contributed by atoms with Crippen LogP contribution in [0.2, 0.25) is 0 Å². The number of ether oxygens (including phenoxy) is 1. The molecule has 0 amide bonds. The Labute approximate surface area is 109 Å². The second-order valence-corrected chi connectivity index (χ2v) is 4.56. The van der Waals surface area contributed by atoms with E-state index in [0.29, 0.717) is 5.56 Å². The number of hydrogen-bond acceptors (Lipinski definition) is 4. The van der Waals surface area contributed by atoms with E-state index in [9.17, 15) is 14.9 Å². The van der Waals surface area contributed by atoms with Crippen molar-refractivity contribution in [2.45, 2.75) is 12.3 Å². The number of hydrogen-bond donors (Lipinski definition) is 1. The van der Waals surface area contributed by atoms with Crippen molar-refractivity contribution in [3.8, 4) is 0 Å². The number of methoxy groups -OCH3 is 1. The van der Waals surface area contributed by atoms with Crippen LogP contribution in [0.1, 0.15) is 12.5 Å². The number of esters is 1. The third kappa shape index (κ3) is 2.16. The van der Waals surface area contributed by atoms with E-state index in [2.05, 4.69) is 4.98 Å². The summed E-state index contributed by atoms with van der Waals surface area (Å²) in [4.78, 5) is 25.3. The minimum absolute atomic E-state index is 0.501. The highest BCUT2D eigenvalue weighted by molar-refractivity contribution is 5.92. The molecule has 100 valence electrons. The van der Waals surface area contributed by atoms with Crippen molar-refractivity contribution in [3.63, 3.8) is 0 Å². The number of carbonyl (C=O) groups excluding carboxylic acids is 1. The van der Waals surface area contributed by atoms with Crippen molar-refractivity contribution >= 4 is 16.9 Å². The van der Waals surface area contributed by atoms with Crippen LogP contribution in [-0.4, -0.2) is 29.5 Å². The van der Waals surface area contributed by atoms with E-state index in [0.717, 1.165) is 10.9 Å². The van der Waals surface area contributed by atoms with E-state index >= 15 is 0 Å². The van der Waals surface area contributed by atoms with Gasteiger partial charge < -0.3 is 9.72 Å². The summed E-state index contributed by atoms with van der Waals surface area (Å²) in [5, 5.41) is 11.6. The Morgan fingerprint density at radius 2 is 2.16 bits per heavy atom. The second-order valence-electron chi connectivity index (χ2n) is 4.56. The number of nitro groups is 1. The Morgan fingerprint density at radius 1 is 1.47 bits per heavy atom. The monoisotopic (exact) mass is 262 g/mol. The number of nitrogens with one attached hydrogen (secondary N) is 1. The van der Waals surface area contributed by atoms with Gasteiger partial charge in [0.25, 0.3) is 0 Å². The van der Waals surface area contributed by atoms with Gasteiger partial charge in [0, 0.05) is 27.6 Å². The number of rotatable bonds is 4. The van der Waals surface area contributed by atoms with E-state index in [4.69, 9.17) is 4.74 Å². The van der Waals surface area contributed by atoms with Gasteiger partial charge >= 0.3 is 5.97 Å². The topological polar surface area (TPSA) is 85.2 Å². The number of fused-ring (bicyclic) bond motifs is 1. The lowest BCUT2D eigenvalue weighted by molar-refractivity contribution is -0.488. The fraction of sp³-hybridized carbons (Fsp3) is 0.308. The molecule has 0 saturated heterocycles. The molecule has 0 aliphatic carbocycles. The third-order valence-corrected chi connectivity index (χ3v) is 3.26. The molecular weight excluding hydrogens is 248 g/mol. The van der Waals surface area contributed by atoms with Gasteiger partial charge in [-0.15, -0.1) is 0 Å². The largest absolute Gasteiger partial charge is 0.468 e. The van der Waals surface area contributed by atoms with Crippen LogP contribution in [0.4, 0.5) is 0 Å². The lowest BCUT2D eigenvalue weighted by Crippen LogP contribution is -2.40. The molecule has 0 aliphatic rings. The molecule has 0 fully saturated rings. The molecule has 0 spiro atoms. The van der Waals surface area contributed by atoms with Crippen molar-refractivity contribution in [1.29, 1.82) is 0 Å². The molecule has 19 heavy (non-hydrogen) atoms. The second kappa shape index (κ2) is 4.72. The Balaban J connectivity index is 2.61. The van der Waals surface area contributed by atoms with Crippen LogP contribution in [0.25, 0.3) is 10.9 Å². The summed E-state index contributed by atoms with van der Waals surface area (Å²) in [6.07, 6.45) is 1.63. The van der Waals surface area contributed by atoms with Gasteiger partial charge in [-0.05, 0) is 13.0 Å². The summed E-state index contributed by atoms with van der Waals surface area (Å²) in [5.41, 5.74) is 0.0975. The number of H-pyrrole nitrogens is 1. The van der Waals surface area contributed by atoms with Crippen LogP contribution >= 0.6 is 0 Å². The van der Waals surface area contributed by atoms with Crippen LogP contribution < -0.4 is 0 Å². The van der Waals surface area contributed by atoms with Gasteiger partial charge in [0.2, 0.25) is 6.54 Å². The minimum Gasteiger partial charge on any atom is -0.468 e. The average Bonchev–Trinajstić information content (AvgIpc) is 2.81. The highest BCUT2D eigenvalue weighted by Crippen LogP contribution is 2.32. The van der Waals surface area contributed by atoms with Crippen LogP contribution in [0.5, 0.6) is 0 Å². The highest BCUT2D eigenvalue weighted by atomic mass is 16.6. The van der Waals surface area contributed by atoms with Gasteiger partial charge in [0.15, 0.2) is 5.41 Å². The molecular formula is C13H14N2O4.